The van der Waals surface area contributed by atoms with Gasteiger partial charge in [0.05, 0.1) is 12.3 Å². The Morgan fingerprint density at radius 1 is 1.17 bits per heavy atom. The van der Waals surface area contributed by atoms with Gasteiger partial charge < -0.3 is 10.1 Å². The highest BCUT2D eigenvalue weighted by atomic mass is 19.1. The first kappa shape index (κ1) is 16.5. The molecule has 2 N–H and O–H groups in total. The van der Waals surface area contributed by atoms with E-state index in [1.807, 2.05) is 30.3 Å². The van der Waals surface area contributed by atoms with Crippen molar-refractivity contribution in [1.82, 2.24) is 5.32 Å². The Balaban J connectivity index is 1.67. The van der Waals surface area contributed by atoms with Crippen LogP contribution in [-0.2, 0) is 4.74 Å². The van der Waals surface area contributed by atoms with Crippen molar-refractivity contribution in [3.8, 4) is 11.1 Å². The minimum Gasteiger partial charge on any atom is -0.449 e. The maximum Gasteiger partial charge on any atom is 0.411 e. The number of hydrogen-bond donors (Lipinski definition) is 2. The lowest BCUT2D eigenvalue weighted by molar-refractivity contribution is 0.131. The Morgan fingerprint density at radius 2 is 1.92 bits per heavy atom. The van der Waals surface area contributed by atoms with Crippen LogP contribution in [0.1, 0.15) is 12.8 Å². The van der Waals surface area contributed by atoms with E-state index in [1.54, 1.807) is 6.07 Å². The number of rotatable bonds is 4. The van der Waals surface area contributed by atoms with E-state index in [0.29, 0.717) is 23.8 Å². The molecule has 2 aromatic rings. The predicted molar refractivity (Wildman–Crippen MR) is 92.4 cm³/mol. The number of halogens is 1. The van der Waals surface area contributed by atoms with Crippen LogP contribution in [0.25, 0.3) is 11.1 Å². The van der Waals surface area contributed by atoms with Crippen molar-refractivity contribution in [2.45, 2.75) is 12.8 Å². The van der Waals surface area contributed by atoms with Crippen LogP contribution in [0.3, 0.4) is 0 Å². The second kappa shape index (κ2) is 7.93. The maximum atomic E-state index is 13.6. The standard InChI is InChI=1S/C19H21FN2O2/c20-16-6-7-18(17(12-16)15-4-2-1-3-5-15)22-19(23)24-13-14-8-10-21-11-9-14/h1-7,12,14,21H,8-11,13H2,(H,22,23). The molecule has 0 aromatic heterocycles. The molecule has 1 aliphatic rings. The van der Waals surface area contributed by atoms with E-state index >= 15 is 0 Å². The van der Waals surface area contributed by atoms with Gasteiger partial charge in [0.15, 0.2) is 0 Å². The third-order valence-corrected chi connectivity index (χ3v) is 4.21. The van der Waals surface area contributed by atoms with E-state index in [0.717, 1.165) is 31.5 Å². The molecule has 0 saturated carbocycles. The zero-order valence-electron chi connectivity index (χ0n) is 13.4. The quantitative estimate of drug-likeness (QED) is 0.890. The van der Waals surface area contributed by atoms with E-state index in [4.69, 9.17) is 4.74 Å². The van der Waals surface area contributed by atoms with Crippen molar-refractivity contribution in [2.75, 3.05) is 25.0 Å². The van der Waals surface area contributed by atoms with Gasteiger partial charge in [-0.3, -0.25) is 5.32 Å². The molecule has 1 amide bonds. The largest absolute Gasteiger partial charge is 0.449 e. The van der Waals surface area contributed by atoms with Gasteiger partial charge in [0, 0.05) is 5.56 Å². The van der Waals surface area contributed by atoms with E-state index in [-0.39, 0.29) is 5.82 Å². The van der Waals surface area contributed by atoms with Gasteiger partial charge in [-0.15, -0.1) is 0 Å². The van der Waals surface area contributed by atoms with Gasteiger partial charge in [-0.05, 0) is 55.6 Å². The van der Waals surface area contributed by atoms with Crippen LogP contribution >= 0.6 is 0 Å². The molecule has 2 aromatic carbocycles. The average molecular weight is 328 g/mol. The molecule has 5 heteroatoms. The highest BCUT2D eigenvalue weighted by Crippen LogP contribution is 2.29. The summed E-state index contributed by atoms with van der Waals surface area (Å²) >= 11 is 0. The summed E-state index contributed by atoms with van der Waals surface area (Å²) in [5.74, 6) is 0.0567. The zero-order chi connectivity index (χ0) is 16.8. The van der Waals surface area contributed by atoms with E-state index < -0.39 is 6.09 Å². The second-order valence-electron chi connectivity index (χ2n) is 5.97. The molecule has 3 rings (SSSR count). The summed E-state index contributed by atoms with van der Waals surface area (Å²) in [6.07, 6.45) is 1.52. The van der Waals surface area contributed by atoms with Crippen molar-refractivity contribution < 1.29 is 13.9 Å². The number of anilines is 1. The average Bonchev–Trinajstić information content (AvgIpc) is 2.63. The molecule has 4 nitrogen and oxygen atoms in total. The molecular weight excluding hydrogens is 307 g/mol. The normalized spacial score (nSPS) is 15.0. The second-order valence-corrected chi connectivity index (χ2v) is 5.97. The molecule has 0 aliphatic carbocycles. The van der Waals surface area contributed by atoms with Crippen LogP contribution in [0.2, 0.25) is 0 Å². The summed E-state index contributed by atoms with van der Waals surface area (Å²) in [6.45, 7) is 2.34. The fourth-order valence-corrected chi connectivity index (χ4v) is 2.87. The number of carbonyl (C=O) groups excluding carboxylic acids is 1. The summed E-state index contributed by atoms with van der Waals surface area (Å²) in [5, 5.41) is 6.01. The lowest BCUT2D eigenvalue weighted by Crippen LogP contribution is -2.31. The Bertz CT molecular complexity index is 685. The lowest BCUT2D eigenvalue weighted by Gasteiger charge is -2.22. The molecule has 0 radical (unpaired) electrons. The molecule has 0 spiro atoms. The number of carbonyl (C=O) groups is 1. The highest BCUT2D eigenvalue weighted by Gasteiger charge is 2.16. The third kappa shape index (κ3) is 4.32. The van der Waals surface area contributed by atoms with Crippen molar-refractivity contribution in [3.05, 3.63) is 54.3 Å². The third-order valence-electron chi connectivity index (χ3n) is 4.21. The molecule has 0 atom stereocenters. The first-order valence-corrected chi connectivity index (χ1v) is 8.22. The number of amides is 1. The fourth-order valence-electron chi connectivity index (χ4n) is 2.87. The summed E-state index contributed by atoms with van der Waals surface area (Å²) in [7, 11) is 0. The molecular formula is C19H21FN2O2. The van der Waals surface area contributed by atoms with Crippen molar-refractivity contribution >= 4 is 11.8 Å². The first-order chi connectivity index (χ1) is 11.7. The van der Waals surface area contributed by atoms with Crippen molar-refractivity contribution in [1.29, 1.82) is 0 Å². The number of ether oxygens (including phenoxy) is 1. The minimum absolute atomic E-state index is 0.345. The van der Waals surface area contributed by atoms with Crippen LogP contribution in [0, 0.1) is 11.7 Å². The van der Waals surface area contributed by atoms with Gasteiger partial charge in [-0.1, -0.05) is 30.3 Å². The van der Waals surface area contributed by atoms with Gasteiger partial charge in [-0.2, -0.15) is 0 Å². The Hall–Kier alpha value is -2.40. The molecule has 1 aliphatic heterocycles. The number of nitrogens with one attached hydrogen (secondary N) is 2. The summed E-state index contributed by atoms with van der Waals surface area (Å²) in [6, 6.07) is 13.7. The zero-order valence-corrected chi connectivity index (χ0v) is 13.4. The first-order valence-electron chi connectivity index (χ1n) is 8.22. The predicted octanol–water partition coefficient (Wildman–Crippen LogP) is 4.04. The van der Waals surface area contributed by atoms with Crippen molar-refractivity contribution in [3.63, 3.8) is 0 Å². The smallest absolute Gasteiger partial charge is 0.411 e. The number of piperidine rings is 1. The fraction of sp³-hybridized carbons (Fsp3) is 0.316. The molecule has 1 heterocycles. The number of benzene rings is 2. The molecule has 0 unspecified atom stereocenters. The van der Waals surface area contributed by atoms with Gasteiger partial charge >= 0.3 is 6.09 Å². The Kier molecular flexibility index (Phi) is 5.43. The van der Waals surface area contributed by atoms with Crippen LogP contribution in [0.15, 0.2) is 48.5 Å². The van der Waals surface area contributed by atoms with Gasteiger partial charge in [-0.25, -0.2) is 9.18 Å². The van der Waals surface area contributed by atoms with E-state index in [2.05, 4.69) is 10.6 Å². The summed E-state index contributed by atoms with van der Waals surface area (Å²) in [4.78, 5) is 12.1. The molecule has 126 valence electrons. The highest BCUT2D eigenvalue weighted by molar-refractivity contribution is 5.91. The lowest BCUT2D eigenvalue weighted by atomic mass is 9.99. The van der Waals surface area contributed by atoms with Gasteiger partial charge in [0.25, 0.3) is 0 Å². The van der Waals surface area contributed by atoms with Gasteiger partial charge in [0.2, 0.25) is 0 Å². The van der Waals surface area contributed by atoms with Crippen LogP contribution in [0.5, 0.6) is 0 Å². The van der Waals surface area contributed by atoms with Gasteiger partial charge in [0.1, 0.15) is 5.82 Å². The SMILES string of the molecule is O=C(Nc1ccc(F)cc1-c1ccccc1)OCC1CCNCC1. The monoisotopic (exact) mass is 328 g/mol. The molecule has 24 heavy (non-hydrogen) atoms. The van der Waals surface area contributed by atoms with Crippen LogP contribution < -0.4 is 10.6 Å². The van der Waals surface area contributed by atoms with Crippen LogP contribution in [0.4, 0.5) is 14.9 Å². The molecule has 1 saturated heterocycles. The topological polar surface area (TPSA) is 50.4 Å². The minimum atomic E-state index is -0.502. The molecule has 1 fully saturated rings. The summed E-state index contributed by atoms with van der Waals surface area (Å²) < 4.78 is 18.9. The Labute approximate surface area is 141 Å². The van der Waals surface area contributed by atoms with Crippen LogP contribution in [-0.4, -0.2) is 25.8 Å². The van der Waals surface area contributed by atoms with E-state index in [9.17, 15) is 9.18 Å². The molecule has 0 bridgehead atoms. The van der Waals surface area contributed by atoms with E-state index in [1.165, 1.54) is 12.1 Å². The maximum absolute atomic E-state index is 13.6. The van der Waals surface area contributed by atoms with Crippen molar-refractivity contribution in [2.24, 2.45) is 5.92 Å². The number of hydrogen-bond acceptors (Lipinski definition) is 3. The summed E-state index contributed by atoms with van der Waals surface area (Å²) in [5.41, 5.74) is 2.01. The Morgan fingerprint density at radius 3 is 2.67 bits per heavy atom.